The predicted octanol–water partition coefficient (Wildman–Crippen LogP) is 2.81. The van der Waals surface area contributed by atoms with Gasteiger partial charge < -0.3 is 4.42 Å². The maximum Gasteiger partial charge on any atom is 0.260 e. The molecule has 0 N–H and O–H groups in total. The molecular weight excluding hydrogens is 202 g/mol. The maximum atomic E-state index is 10.3. The molecule has 4 heteroatoms. The quantitative estimate of drug-likeness (QED) is 0.712. The molecule has 0 aliphatic carbocycles. The lowest BCUT2D eigenvalue weighted by Gasteiger charge is -1.94. The molecule has 0 radical (unpaired) electrons. The van der Waals surface area contributed by atoms with Crippen molar-refractivity contribution in [2.45, 2.75) is 0 Å². The number of rotatable bonds is 2. The average molecular weight is 208 g/mol. The molecule has 0 amide bonds. The molecule has 2 rings (SSSR count). The molecule has 70 valence electrons. The number of halogens is 1. The standard InChI is InChI=1S/C10H6ClNO2/c11-8-3-1-2-7(4-8)9-6-14-10(5-13)12-9/h1-6H. The second-order valence-electron chi connectivity index (χ2n) is 2.70. The van der Waals surface area contributed by atoms with E-state index in [1.165, 1.54) is 6.26 Å². The third kappa shape index (κ3) is 1.67. The number of hydrogen-bond donors (Lipinski definition) is 0. The monoisotopic (exact) mass is 207 g/mol. The smallest absolute Gasteiger partial charge is 0.260 e. The van der Waals surface area contributed by atoms with E-state index in [2.05, 4.69) is 4.98 Å². The van der Waals surface area contributed by atoms with Crippen LogP contribution in [-0.4, -0.2) is 11.3 Å². The van der Waals surface area contributed by atoms with Crippen LogP contribution >= 0.6 is 11.6 Å². The van der Waals surface area contributed by atoms with Crippen LogP contribution in [0, 0.1) is 0 Å². The van der Waals surface area contributed by atoms with Crippen molar-refractivity contribution < 1.29 is 9.21 Å². The molecular formula is C10H6ClNO2. The lowest BCUT2D eigenvalue weighted by atomic mass is 10.2. The number of aldehydes is 1. The summed E-state index contributed by atoms with van der Waals surface area (Å²) in [5.41, 5.74) is 1.43. The van der Waals surface area contributed by atoms with Gasteiger partial charge in [-0.15, -0.1) is 0 Å². The molecule has 0 atom stereocenters. The summed E-state index contributed by atoms with van der Waals surface area (Å²) in [7, 11) is 0. The normalized spacial score (nSPS) is 10.1. The molecule has 1 heterocycles. The minimum atomic E-state index is 0.0694. The molecule has 0 unspecified atom stereocenters. The second kappa shape index (κ2) is 3.64. The van der Waals surface area contributed by atoms with Crippen molar-refractivity contribution in [3.8, 4) is 11.3 Å². The van der Waals surface area contributed by atoms with Gasteiger partial charge in [-0.3, -0.25) is 4.79 Å². The van der Waals surface area contributed by atoms with Crippen LogP contribution in [0.15, 0.2) is 34.9 Å². The van der Waals surface area contributed by atoms with Gasteiger partial charge in [0, 0.05) is 10.6 Å². The second-order valence-corrected chi connectivity index (χ2v) is 3.14. The average Bonchev–Trinajstić information content (AvgIpc) is 2.66. The van der Waals surface area contributed by atoms with E-state index in [-0.39, 0.29) is 5.89 Å². The van der Waals surface area contributed by atoms with E-state index in [1.54, 1.807) is 12.1 Å². The van der Waals surface area contributed by atoms with E-state index < -0.39 is 0 Å². The Kier molecular flexibility index (Phi) is 2.33. The zero-order chi connectivity index (χ0) is 9.97. The Balaban J connectivity index is 2.43. The van der Waals surface area contributed by atoms with Gasteiger partial charge in [-0.1, -0.05) is 23.7 Å². The van der Waals surface area contributed by atoms with Gasteiger partial charge in [0.2, 0.25) is 6.29 Å². The van der Waals surface area contributed by atoms with Gasteiger partial charge in [-0.25, -0.2) is 4.98 Å². The van der Waals surface area contributed by atoms with Crippen LogP contribution in [0.1, 0.15) is 10.7 Å². The van der Waals surface area contributed by atoms with Crippen LogP contribution in [0.3, 0.4) is 0 Å². The first kappa shape index (κ1) is 8.97. The van der Waals surface area contributed by atoms with E-state index in [0.29, 0.717) is 17.0 Å². The Labute approximate surface area is 85.3 Å². The number of benzene rings is 1. The molecule has 0 fully saturated rings. The van der Waals surface area contributed by atoms with Crippen molar-refractivity contribution in [1.82, 2.24) is 4.98 Å². The Hall–Kier alpha value is -1.61. The summed E-state index contributed by atoms with van der Waals surface area (Å²) in [6, 6.07) is 7.19. The zero-order valence-electron chi connectivity index (χ0n) is 7.11. The largest absolute Gasteiger partial charge is 0.442 e. The maximum absolute atomic E-state index is 10.3. The van der Waals surface area contributed by atoms with Crippen molar-refractivity contribution in [1.29, 1.82) is 0 Å². The molecule has 0 bridgehead atoms. The highest BCUT2D eigenvalue weighted by Crippen LogP contribution is 2.21. The minimum absolute atomic E-state index is 0.0694. The SMILES string of the molecule is O=Cc1nc(-c2cccc(Cl)c2)co1. The van der Waals surface area contributed by atoms with Crippen LogP contribution in [0.25, 0.3) is 11.3 Å². The van der Waals surface area contributed by atoms with Crippen molar-refractivity contribution in [2.75, 3.05) is 0 Å². The summed E-state index contributed by atoms with van der Waals surface area (Å²) in [5.74, 6) is 0.0694. The Morgan fingerprint density at radius 3 is 2.93 bits per heavy atom. The number of hydrogen-bond acceptors (Lipinski definition) is 3. The fourth-order valence-corrected chi connectivity index (χ4v) is 1.31. The van der Waals surface area contributed by atoms with E-state index in [0.717, 1.165) is 5.56 Å². The highest BCUT2D eigenvalue weighted by Gasteiger charge is 2.04. The van der Waals surface area contributed by atoms with E-state index in [9.17, 15) is 4.79 Å². The molecule has 14 heavy (non-hydrogen) atoms. The number of carbonyl (C=O) groups is 1. The Morgan fingerprint density at radius 1 is 1.43 bits per heavy atom. The molecule has 0 aliphatic rings. The van der Waals surface area contributed by atoms with Crippen LogP contribution in [0.5, 0.6) is 0 Å². The Bertz CT molecular complexity index is 465. The van der Waals surface area contributed by atoms with Crippen LogP contribution in [0.4, 0.5) is 0 Å². The molecule has 3 nitrogen and oxygen atoms in total. The third-order valence-electron chi connectivity index (χ3n) is 1.74. The minimum Gasteiger partial charge on any atom is -0.442 e. The van der Waals surface area contributed by atoms with E-state index in [4.69, 9.17) is 16.0 Å². The molecule has 0 spiro atoms. The topological polar surface area (TPSA) is 43.1 Å². The van der Waals surface area contributed by atoms with Crippen LogP contribution < -0.4 is 0 Å². The Morgan fingerprint density at radius 2 is 2.29 bits per heavy atom. The van der Waals surface area contributed by atoms with Crippen molar-refractivity contribution >= 4 is 17.9 Å². The summed E-state index contributed by atoms with van der Waals surface area (Å²) in [4.78, 5) is 14.3. The van der Waals surface area contributed by atoms with Crippen molar-refractivity contribution in [3.05, 3.63) is 41.4 Å². The highest BCUT2D eigenvalue weighted by atomic mass is 35.5. The summed E-state index contributed by atoms with van der Waals surface area (Å²) < 4.78 is 4.89. The van der Waals surface area contributed by atoms with Gasteiger partial charge in [0.15, 0.2) is 0 Å². The van der Waals surface area contributed by atoms with E-state index in [1.807, 2.05) is 12.1 Å². The fourth-order valence-electron chi connectivity index (χ4n) is 1.12. The van der Waals surface area contributed by atoms with Crippen molar-refractivity contribution in [3.63, 3.8) is 0 Å². The summed E-state index contributed by atoms with van der Waals surface area (Å²) in [6.07, 6.45) is 1.99. The lowest BCUT2D eigenvalue weighted by Crippen LogP contribution is -1.80. The van der Waals surface area contributed by atoms with Gasteiger partial charge in [0.25, 0.3) is 5.89 Å². The number of aromatic nitrogens is 1. The first-order chi connectivity index (χ1) is 6.79. The van der Waals surface area contributed by atoms with Gasteiger partial charge in [-0.2, -0.15) is 0 Å². The fraction of sp³-hybridized carbons (Fsp3) is 0. The third-order valence-corrected chi connectivity index (χ3v) is 1.98. The van der Waals surface area contributed by atoms with Gasteiger partial charge in [0.1, 0.15) is 12.0 Å². The first-order valence-electron chi connectivity index (χ1n) is 3.96. The van der Waals surface area contributed by atoms with Gasteiger partial charge >= 0.3 is 0 Å². The summed E-state index contributed by atoms with van der Waals surface area (Å²) >= 11 is 5.81. The molecule has 0 aliphatic heterocycles. The van der Waals surface area contributed by atoms with Gasteiger partial charge in [0.05, 0.1) is 0 Å². The first-order valence-corrected chi connectivity index (χ1v) is 4.34. The summed E-state index contributed by atoms with van der Waals surface area (Å²) in [6.45, 7) is 0. The number of carbonyl (C=O) groups excluding carboxylic acids is 1. The molecule has 1 aromatic heterocycles. The van der Waals surface area contributed by atoms with Gasteiger partial charge in [-0.05, 0) is 12.1 Å². The predicted molar refractivity (Wildman–Crippen MR) is 52.3 cm³/mol. The zero-order valence-corrected chi connectivity index (χ0v) is 7.86. The number of oxazole rings is 1. The summed E-state index contributed by atoms with van der Waals surface area (Å²) in [5, 5.41) is 0.623. The number of nitrogens with zero attached hydrogens (tertiary/aromatic N) is 1. The van der Waals surface area contributed by atoms with Crippen LogP contribution in [0.2, 0.25) is 5.02 Å². The molecule has 2 aromatic rings. The van der Waals surface area contributed by atoms with Crippen molar-refractivity contribution in [2.24, 2.45) is 0 Å². The molecule has 0 saturated heterocycles. The highest BCUT2D eigenvalue weighted by molar-refractivity contribution is 6.30. The lowest BCUT2D eigenvalue weighted by molar-refractivity contribution is 0.109. The van der Waals surface area contributed by atoms with E-state index >= 15 is 0 Å². The molecule has 1 aromatic carbocycles. The van der Waals surface area contributed by atoms with Crippen LogP contribution in [-0.2, 0) is 0 Å². The molecule has 0 saturated carbocycles.